The van der Waals surface area contributed by atoms with Crippen LogP contribution in [0.4, 0.5) is 18.0 Å². The van der Waals surface area contributed by atoms with E-state index in [0.717, 1.165) is 4.90 Å². The minimum absolute atomic E-state index is 0.0866. The smallest absolute Gasteiger partial charge is 0.406 e. The number of urea groups is 1. The molecule has 0 bridgehead atoms. The van der Waals surface area contributed by atoms with Crippen LogP contribution in [0.5, 0.6) is 0 Å². The molecule has 0 fully saturated rings. The van der Waals surface area contributed by atoms with E-state index in [2.05, 4.69) is 6.58 Å². The average Bonchev–Trinajstić information content (AvgIpc) is 2.21. The number of aliphatic carboxylic acids is 1. The molecule has 2 amide bonds. The van der Waals surface area contributed by atoms with Crippen LogP contribution in [0, 0.1) is 0 Å². The van der Waals surface area contributed by atoms with Gasteiger partial charge in [0.25, 0.3) is 0 Å². The summed E-state index contributed by atoms with van der Waals surface area (Å²) in [5.41, 5.74) is 0.595. The summed E-state index contributed by atoms with van der Waals surface area (Å²) in [5, 5.41) is 8.57. The van der Waals surface area contributed by atoms with Crippen molar-refractivity contribution in [3.63, 3.8) is 0 Å². The highest BCUT2D eigenvalue weighted by atomic mass is 19.4. The fourth-order valence-electron chi connectivity index (χ4n) is 1.41. The number of carboxylic acid groups (broad SMARTS) is 1. The van der Waals surface area contributed by atoms with Gasteiger partial charge >= 0.3 is 18.2 Å². The van der Waals surface area contributed by atoms with Crippen molar-refractivity contribution in [2.75, 3.05) is 26.2 Å². The highest BCUT2D eigenvalue weighted by Gasteiger charge is 2.35. The minimum Gasteiger partial charge on any atom is -0.480 e. The number of rotatable bonds is 6. The van der Waals surface area contributed by atoms with E-state index in [9.17, 15) is 22.8 Å². The number of nitrogens with zero attached hydrogens (tertiary/aromatic N) is 2. The fourth-order valence-corrected chi connectivity index (χ4v) is 1.41. The van der Waals surface area contributed by atoms with Gasteiger partial charge < -0.3 is 14.9 Å². The number of amides is 2. The lowest BCUT2D eigenvalue weighted by molar-refractivity contribution is -0.149. The lowest BCUT2D eigenvalue weighted by atomic mass is 10.3. The van der Waals surface area contributed by atoms with Crippen molar-refractivity contribution in [2.45, 2.75) is 20.0 Å². The quantitative estimate of drug-likeness (QED) is 0.757. The minimum atomic E-state index is -4.65. The standard InChI is InChI=1S/C11H17F3N2O3/c1-4-15(5-8(2)3)10(19)16(6-9(17)18)7-11(12,13)14/h2,4-7H2,1,3H3,(H,17,18). The van der Waals surface area contributed by atoms with Gasteiger partial charge in [0, 0.05) is 13.1 Å². The molecule has 5 nitrogen and oxygen atoms in total. The predicted octanol–water partition coefficient (Wildman–Crippen LogP) is 1.95. The van der Waals surface area contributed by atoms with Crippen LogP contribution in [0.3, 0.4) is 0 Å². The van der Waals surface area contributed by atoms with Crippen LogP contribution in [0.15, 0.2) is 12.2 Å². The summed E-state index contributed by atoms with van der Waals surface area (Å²) in [4.78, 5) is 23.8. The van der Waals surface area contributed by atoms with Gasteiger partial charge in [-0.25, -0.2) is 4.79 Å². The summed E-state index contributed by atoms with van der Waals surface area (Å²) in [6.45, 7) is 4.45. The van der Waals surface area contributed by atoms with Crippen LogP contribution < -0.4 is 0 Å². The van der Waals surface area contributed by atoms with E-state index in [0.29, 0.717) is 5.57 Å². The lowest BCUT2D eigenvalue weighted by Gasteiger charge is -2.29. The van der Waals surface area contributed by atoms with Gasteiger partial charge in [-0.3, -0.25) is 4.79 Å². The summed E-state index contributed by atoms with van der Waals surface area (Å²) in [6, 6.07) is -0.967. The number of likely N-dealkylation sites (N-methyl/N-ethyl adjacent to an activating group) is 1. The zero-order valence-electron chi connectivity index (χ0n) is 10.8. The van der Waals surface area contributed by atoms with Crippen LogP contribution in [-0.4, -0.2) is 59.3 Å². The van der Waals surface area contributed by atoms with E-state index in [4.69, 9.17) is 5.11 Å². The van der Waals surface area contributed by atoms with E-state index in [1.807, 2.05) is 0 Å². The molecule has 0 saturated heterocycles. The maximum absolute atomic E-state index is 12.3. The molecular formula is C11H17F3N2O3. The van der Waals surface area contributed by atoms with Gasteiger partial charge in [0.2, 0.25) is 0 Å². The molecule has 0 aliphatic heterocycles. The number of alkyl halides is 3. The Hall–Kier alpha value is -1.73. The topological polar surface area (TPSA) is 60.9 Å². The van der Waals surface area contributed by atoms with E-state index >= 15 is 0 Å². The third-order valence-corrected chi connectivity index (χ3v) is 2.08. The molecule has 1 N–H and O–H groups in total. The molecule has 110 valence electrons. The first kappa shape index (κ1) is 17.3. The molecule has 0 radical (unpaired) electrons. The average molecular weight is 282 g/mol. The van der Waals surface area contributed by atoms with Crippen molar-refractivity contribution in [3.05, 3.63) is 12.2 Å². The Labute approximate surface area is 109 Å². The summed E-state index contributed by atoms with van der Waals surface area (Å²) in [6.07, 6.45) is -4.65. The number of halogens is 3. The van der Waals surface area contributed by atoms with Gasteiger partial charge in [-0.2, -0.15) is 13.2 Å². The van der Waals surface area contributed by atoms with Crippen molar-refractivity contribution in [2.24, 2.45) is 0 Å². The summed E-state index contributed by atoms with van der Waals surface area (Å²) >= 11 is 0. The molecule has 0 unspecified atom stereocenters. The van der Waals surface area contributed by atoms with Crippen LogP contribution >= 0.6 is 0 Å². The molecule has 0 aliphatic rings. The second-order valence-electron chi connectivity index (χ2n) is 4.12. The molecular weight excluding hydrogens is 265 g/mol. The number of hydrogen-bond donors (Lipinski definition) is 1. The van der Waals surface area contributed by atoms with Crippen LogP contribution in [-0.2, 0) is 4.79 Å². The first-order valence-corrected chi connectivity index (χ1v) is 5.53. The molecule has 0 heterocycles. The third-order valence-electron chi connectivity index (χ3n) is 2.08. The summed E-state index contributed by atoms with van der Waals surface area (Å²) in [5.74, 6) is -1.50. The molecule has 19 heavy (non-hydrogen) atoms. The van der Waals surface area contributed by atoms with E-state index in [1.165, 1.54) is 0 Å². The largest absolute Gasteiger partial charge is 0.480 e. The molecule has 0 spiro atoms. The Morgan fingerprint density at radius 1 is 1.21 bits per heavy atom. The predicted molar refractivity (Wildman–Crippen MR) is 62.7 cm³/mol. The first-order valence-electron chi connectivity index (χ1n) is 5.53. The van der Waals surface area contributed by atoms with E-state index in [-0.39, 0.29) is 18.0 Å². The Morgan fingerprint density at radius 2 is 1.74 bits per heavy atom. The highest BCUT2D eigenvalue weighted by Crippen LogP contribution is 2.17. The second kappa shape index (κ2) is 7.01. The van der Waals surface area contributed by atoms with Crippen molar-refractivity contribution in [3.8, 4) is 0 Å². The zero-order chi connectivity index (χ0) is 15.2. The normalized spacial score (nSPS) is 11.0. The molecule has 0 saturated carbocycles. The third kappa shape index (κ3) is 7.32. The molecule has 0 aromatic rings. The van der Waals surface area contributed by atoms with E-state index in [1.54, 1.807) is 13.8 Å². The molecule has 0 aromatic carbocycles. The number of carbonyl (C=O) groups excluding carboxylic acids is 1. The van der Waals surface area contributed by atoms with Gasteiger partial charge in [-0.1, -0.05) is 12.2 Å². The van der Waals surface area contributed by atoms with Gasteiger partial charge in [0.1, 0.15) is 13.1 Å². The number of carboxylic acids is 1. The van der Waals surface area contributed by atoms with Gasteiger partial charge in [0.05, 0.1) is 0 Å². The van der Waals surface area contributed by atoms with Crippen molar-refractivity contribution >= 4 is 12.0 Å². The van der Waals surface area contributed by atoms with Gasteiger partial charge in [-0.15, -0.1) is 0 Å². The Kier molecular flexibility index (Phi) is 6.37. The van der Waals surface area contributed by atoms with E-state index < -0.39 is 31.3 Å². The molecule has 0 aromatic heterocycles. The van der Waals surface area contributed by atoms with Crippen LogP contribution in [0.2, 0.25) is 0 Å². The second-order valence-corrected chi connectivity index (χ2v) is 4.12. The summed E-state index contributed by atoms with van der Waals surface area (Å²) < 4.78 is 37.0. The Morgan fingerprint density at radius 3 is 2.05 bits per heavy atom. The molecule has 0 atom stereocenters. The van der Waals surface area contributed by atoms with Gasteiger partial charge in [0.15, 0.2) is 0 Å². The van der Waals surface area contributed by atoms with Crippen molar-refractivity contribution in [1.82, 2.24) is 9.80 Å². The number of hydrogen-bond acceptors (Lipinski definition) is 2. The summed E-state index contributed by atoms with van der Waals surface area (Å²) in [7, 11) is 0. The molecule has 0 aliphatic carbocycles. The number of carbonyl (C=O) groups is 2. The highest BCUT2D eigenvalue weighted by molar-refractivity contribution is 5.80. The molecule has 0 rings (SSSR count). The first-order chi connectivity index (χ1) is 8.56. The van der Waals surface area contributed by atoms with Crippen LogP contribution in [0.25, 0.3) is 0 Å². The van der Waals surface area contributed by atoms with Gasteiger partial charge in [-0.05, 0) is 13.8 Å². The molecule has 8 heteroatoms. The van der Waals surface area contributed by atoms with Crippen molar-refractivity contribution in [1.29, 1.82) is 0 Å². The lowest BCUT2D eigenvalue weighted by Crippen LogP contribution is -2.49. The van der Waals surface area contributed by atoms with Crippen LogP contribution in [0.1, 0.15) is 13.8 Å². The maximum atomic E-state index is 12.3. The Bertz CT molecular complexity index is 356. The Balaban J connectivity index is 4.95. The SMILES string of the molecule is C=C(C)CN(CC)C(=O)N(CC(=O)O)CC(F)(F)F. The van der Waals surface area contributed by atoms with Crippen molar-refractivity contribution < 1.29 is 27.9 Å². The monoisotopic (exact) mass is 282 g/mol. The zero-order valence-corrected chi connectivity index (χ0v) is 10.8. The maximum Gasteiger partial charge on any atom is 0.406 e. The fraction of sp³-hybridized carbons (Fsp3) is 0.636.